The monoisotopic (exact) mass is 369 g/mol. The molecule has 5 nitrogen and oxygen atoms in total. The number of guanidine groups is 1. The zero-order valence-electron chi connectivity index (χ0n) is 16.9. The number of aromatic amines is 1. The Kier molecular flexibility index (Phi) is 7.57. The van der Waals surface area contributed by atoms with Crippen molar-refractivity contribution < 1.29 is 0 Å². The van der Waals surface area contributed by atoms with E-state index in [-0.39, 0.29) is 0 Å². The zero-order chi connectivity index (χ0) is 18.9. The maximum absolute atomic E-state index is 4.34. The Hall–Kier alpha value is -2.01. The van der Waals surface area contributed by atoms with Gasteiger partial charge in [0.1, 0.15) is 0 Å². The summed E-state index contributed by atoms with van der Waals surface area (Å²) < 4.78 is 0. The first-order valence-electron chi connectivity index (χ1n) is 10.5. The van der Waals surface area contributed by atoms with E-state index in [0.717, 1.165) is 31.5 Å². The number of para-hydroxylation sites is 1. The summed E-state index contributed by atoms with van der Waals surface area (Å²) in [7, 11) is 1.84. The minimum atomic E-state index is 0.769. The molecule has 0 amide bonds. The van der Waals surface area contributed by atoms with Crippen LogP contribution in [0.2, 0.25) is 0 Å². The van der Waals surface area contributed by atoms with Crippen molar-refractivity contribution in [1.29, 1.82) is 0 Å². The third kappa shape index (κ3) is 5.73. The highest BCUT2D eigenvalue weighted by Gasteiger charge is 2.16. The summed E-state index contributed by atoms with van der Waals surface area (Å²) in [6.07, 6.45) is 9.68. The van der Waals surface area contributed by atoms with Crippen molar-refractivity contribution in [2.75, 3.05) is 33.2 Å². The quantitative estimate of drug-likeness (QED) is 0.379. The summed E-state index contributed by atoms with van der Waals surface area (Å²) in [4.78, 5) is 10.3. The van der Waals surface area contributed by atoms with E-state index in [1.807, 2.05) is 7.05 Å². The van der Waals surface area contributed by atoms with E-state index >= 15 is 0 Å². The predicted molar refractivity (Wildman–Crippen MR) is 115 cm³/mol. The number of hydrogen-bond donors (Lipinski definition) is 3. The molecular weight excluding hydrogens is 334 g/mol. The number of aromatic nitrogens is 1. The summed E-state index contributed by atoms with van der Waals surface area (Å²) in [5.41, 5.74) is 2.56. The minimum absolute atomic E-state index is 0.769. The van der Waals surface area contributed by atoms with Crippen LogP contribution in [0.5, 0.6) is 0 Å². The first-order chi connectivity index (χ1) is 13.3. The van der Waals surface area contributed by atoms with Crippen LogP contribution in [0, 0.1) is 0 Å². The average molecular weight is 370 g/mol. The van der Waals surface area contributed by atoms with Gasteiger partial charge in [-0.05, 0) is 63.7 Å². The van der Waals surface area contributed by atoms with Crippen molar-refractivity contribution in [3.8, 4) is 0 Å². The van der Waals surface area contributed by atoms with Crippen molar-refractivity contribution in [3.63, 3.8) is 0 Å². The van der Waals surface area contributed by atoms with E-state index in [1.54, 1.807) is 0 Å². The Morgan fingerprint density at radius 2 is 2.04 bits per heavy atom. The Bertz CT molecular complexity index is 720. The molecule has 1 unspecified atom stereocenters. The lowest BCUT2D eigenvalue weighted by Crippen LogP contribution is -2.40. The van der Waals surface area contributed by atoms with Crippen LogP contribution in [0.1, 0.15) is 44.6 Å². The zero-order valence-corrected chi connectivity index (χ0v) is 16.9. The van der Waals surface area contributed by atoms with Gasteiger partial charge in [-0.15, -0.1) is 0 Å². The Morgan fingerprint density at radius 3 is 2.89 bits per heavy atom. The first kappa shape index (κ1) is 19.7. The largest absolute Gasteiger partial charge is 0.361 e. The van der Waals surface area contributed by atoms with E-state index in [4.69, 9.17) is 0 Å². The molecule has 2 aromatic rings. The van der Waals surface area contributed by atoms with Gasteiger partial charge in [0.05, 0.1) is 0 Å². The van der Waals surface area contributed by atoms with Gasteiger partial charge in [-0.3, -0.25) is 4.99 Å². The molecule has 0 radical (unpaired) electrons. The highest BCUT2D eigenvalue weighted by molar-refractivity contribution is 5.83. The number of fused-ring (bicyclic) bond motifs is 1. The van der Waals surface area contributed by atoms with Crippen molar-refractivity contribution in [3.05, 3.63) is 36.0 Å². The Labute approximate surface area is 163 Å². The number of rotatable bonds is 8. The molecule has 3 rings (SSSR count). The summed E-state index contributed by atoms with van der Waals surface area (Å²) in [6.45, 7) is 6.75. The average Bonchev–Trinajstić information content (AvgIpc) is 3.11. The smallest absolute Gasteiger partial charge is 0.190 e. The van der Waals surface area contributed by atoms with Crippen molar-refractivity contribution in [2.45, 2.75) is 51.5 Å². The second-order valence-electron chi connectivity index (χ2n) is 7.62. The maximum Gasteiger partial charge on any atom is 0.190 e. The number of aliphatic imine (C=N–C) groups is 1. The minimum Gasteiger partial charge on any atom is -0.361 e. The third-order valence-electron chi connectivity index (χ3n) is 5.69. The van der Waals surface area contributed by atoms with Crippen molar-refractivity contribution in [2.24, 2.45) is 4.99 Å². The molecule has 148 valence electrons. The van der Waals surface area contributed by atoms with Gasteiger partial charge in [-0.25, -0.2) is 0 Å². The maximum atomic E-state index is 4.34. The van der Waals surface area contributed by atoms with Crippen LogP contribution >= 0.6 is 0 Å². The van der Waals surface area contributed by atoms with E-state index in [2.05, 4.69) is 62.9 Å². The molecular formula is C22H35N5. The second-order valence-corrected chi connectivity index (χ2v) is 7.62. The molecule has 0 saturated carbocycles. The predicted octanol–water partition coefficient (Wildman–Crippen LogP) is 3.53. The Balaban J connectivity index is 1.31. The molecule has 27 heavy (non-hydrogen) atoms. The lowest BCUT2D eigenvalue weighted by Gasteiger charge is -2.33. The Morgan fingerprint density at radius 1 is 1.19 bits per heavy atom. The number of benzene rings is 1. The van der Waals surface area contributed by atoms with Gasteiger partial charge in [0.25, 0.3) is 0 Å². The molecule has 3 N–H and O–H groups in total. The van der Waals surface area contributed by atoms with Gasteiger partial charge >= 0.3 is 0 Å². The van der Waals surface area contributed by atoms with Gasteiger partial charge in [-0.2, -0.15) is 0 Å². The van der Waals surface area contributed by atoms with Crippen molar-refractivity contribution >= 4 is 16.9 Å². The van der Waals surface area contributed by atoms with Crippen LogP contribution in [-0.4, -0.2) is 55.1 Å². The second kappa shape index (κ2) is 10.4. The first-order valence-corrected chi connectivity index (χ1v) is 10.5. The molecule has 0 aliphatic carbocycles. The molecule has 1 aliphatic heterocycles. The summed E-state index contributed by atoms with van der Waals surface area (Å²) in [5.74, 6) is 0.904. The molecule has 2 heterocycles. The number of hydrogen-bond acceptors (Lipinski definition) is 2. The van der Waals surface area contributed by atoms with E-state index in [0.29, 0.717) is 0 Å². The topological polar surface area (TPSA) is 55.5 Å². The van der Waals surface area contributed by atoms with Gasteiger partial charge in [-0.1, -0.05) is 24.6 Å². The lowest BCUT2D eigenvalue weighted by atomic mass is 10.0. The van der Waals surface area contributed by atoms with E-state index in [1.165, 1.54) is 61.7 Å². The standard InChI is InChI=1S/C22H35N5/c1-18-9-5-7-15-27(18)16-8-6-13-24-22(23-2)25-14-12-19-17-26-21-11-4-3-10-20(19)21/h3-4,10-11,17-18,26H,5-9,12-16H2,1-2H3,(H2,23,24,25). The lowest BCUT2D eigenvalue weighted by molar-refractivity contribution is 0.158. The van der Waals surface area contributed by atoms with Gasteiger partial charge in [0.15, 0.2) is 5.96 Å². The fourth-order valence-electron chi connectivity index (χ4n) is 4.01. The molecule has 0 bridgehead atoms. The van der Waals surface area contributed by atoms with Crippen molar-refractivity contribution in [1.82, 2.24) is 20.5 Å². The highest BCUT2D eigenvalue weighted by Crippen LogP contribution is 2.18. The van der Waals surface area contributed by atoms with Crippen LogP contribution in [0.3, 0.4) is 0 Å². The van der Waals surface area contributed by atoms with Crippen LogP contribution in [0.4, 0.5) is 0 Å². The number of nitrogens with zero attached hydrogens (tertiary/aromatic N) is 2. The van der Waals surface area contributed by atoms with Crippen LogP contribution in [0.25, 0.3) is 10.9 Å². The van der Waals surface area contributed by atoms with E-state index < -0.39 is 0 Å². The molecule has 1 aromatic heterocycles. The molecule has 1 aliphatic rings. The molecule has 1 atom stereocenters. The fraction of sp³-hybridized carbons (Fsp3) is 0.591. The highest BCUT2D eigenvalue weighted by atomic mass is 15.2. The van der Waals surface area contributed by atoms with Crippen LogP contribution in [-0.2, 0) is 6.42 Å². The molecule has 1 aromatic carbocycles. The molecule has 1 saturated heterocycles. The third-order valence-corrected chi connectivity index (χ3v) is 5.69. The summed E-state index contributed by atoms with van der Waals surface area (Å²) in [6, 6.07) is 9.23. The normalized spacial score (nSPS) is 18.7. The number of piperidine rings is 1. The van der Waals surface area contributed by atoms with Gasteiger partial charge < -0.3 is 20.5 Å². The summed E-state index contributed by atoms with van der Waals surface area (Å²) in [5, 5.41) is 8.20. The number of H-pyrrole nitrogens is 1. The van der Waals surface area contributed by atoms with E-state index in [9.17, 15) is 0 Å². The summed E-state index contributed by atoms with van der Waals surface area (Å²) >= 11 is 0. The van der Waals surface area contributed by atoms with Gasteiger partial charge in [0, 0.05) is 43.3 Å². The van der Waals surface area contributed by atoms with Crippen LogP contribution in [0.15, 0.2) is 35.5 Å². The number of likely N-dealkylation sites (tertiary alicyclic amines) is 1. The number of unbranched alkanes of at least 4 members (excludes halogenated alkanes) is 1. The molecule has 5 heteroatoms. The SMILES string of the molecule is CN=C(NCCCCN1CCCCC1C)NCCc1c[nH]c2ccccc12. The van der Waals surface area contributed by atoms with Crippen LogP contribution < -0.4 is 10.6 Å². The molecule has 0 spiro atoms. The fourth-order valence-corrected chi connectivity index (χ4v) is 4.01. The van der Waals surface area contributed by atoms with Gasteiger partial charge in [0.2, 0.25) is 0 Å². The molecule has 1 fully saturated rings. The number of nitrogens with one attached hydrogen (secondary N) is 3.